The largest absolute Gasteiger partial charge is 0.454 e. The molecule has 0 aromatic heterocycles. The first kappa shape index (κ1) is 19.3. The maximum atomic E-state index is 12.9. The highest BCUT2D eigenvalue weighted by Crippen LogP contribution is 2.26. The second-order valence-electron chi connectivity index (χ2n) is 6.33. The number of piperidine rings is 1. The molecule has 0 saturated carbocycles. The van der Waals surface area contributed by atoms with Gasteiger partial charge in [-0.2, -0.15) is 4.31 Å². The molecule has 3 amide bonds. The number of imide groups is 1. The molecule has 146 valence electrons. The van der Waals surface area contributed by atoms with Crippen LogP contribution in [0.25, 0.3) is 0 Å². The van der Waals surface area contributed by atoms with Gasteiger partial charge in [-0.1, -0.05) is 18.2 Å². The van der Waals surface area contributed by atoms with Crippen molar-refractivity contribution in [2.45, 2.75) is 30.2 Å². The van der Waals surface area contributed by atoms with E-state index in [0.717, 1.165) is 9.21 Å². The first-order valence-corrected chi connectivity index (χ1v) is 10.2. The van der Waals surface area contributed by atoms with Crippen LogP contribution in [0, 0.1) is 0 Å². The zero-order valence-electron chi connectivity index (χ0n) is 14.7. The Kier molecular flexibility index (Phi) is 5.76. The van der Waals surface area contributed by atoms with Gasteiger partial charge in [0.25, 0.3) is 5.91 Å². The summed E-state index contributed by atoms with van der Waals surface area (Å²) in [5, 5.41) is 2.48. The maximum Gasteiger partial charge on any atom is 0.324 e. The van der Waals surface area contributed by atoms with Crippen molar-refractivity contribution in [3.8, 4) is 0 Å². The number of hydrogen-bond acceptors (Lipinski definition) is 6. The van der Waals surface area contributed by atoms with Crippen LogP contribution in [0.1, 0.15) is 19.3 Å². The molecule has 1 aromatic carbocycles. The summed E-state index contributed by atoms with van der Waals surface area (Å²) in [6.45, 7) is 0.179. The van der Waals surface area contributed by atoms with Crippen LogP contribution < -0.4 is 5.32 Å². The molecule has 2 aliphatic rings. The fourth-order valence-electron chi connectivity index (χ4n) is 3.17. The molecule has 0 aliphatic carbocycles. The SMILES string of the molecule is O=C(OCC(=O)N1CCNC1=O)C1CCCCN1S(=O)(=O)c1ccccc1. The van der Waals surface area contributed by atoms with Gasteiger partial charge >= 0.3 is 12.0 Å². The topological polar surface area (TPSA) is 113 Å². The molecule has 1 aromatic rings. The highest BCUT2D eigenvalue weighted by Gasteiger charge is 2.39. The van der Waals surface area contributed by atoms with E-state index in [9.17, 15) is 22.8 Å². The number of rotatable bonds is 5. The van der Waals surface area contributed by atoms with E-state index in [-0.39, 0.29) is 18.0 Å². The second-order valence-corrected chi connectivity index (χ2v) is 8.22. The van der Waals surface area contributed by atoms with E-state index in [4.69, 9.17) is 4.74 Å². The molecule has 2 heterocycles. The van der Waals surface area contributed by atoms with Gasteiger partial charge in [0.05, 0.1) is 4.90 Å². The average molecular weight is 395 g/mol. The third-order valence-electron chi connectivity index (χ3n) is 4.57. The number of carbonyl (C=O) groups excluding carboxylic acids is 3. The van der Waals surface area contributed by atoms with E-state index in [1.54, 1.807) is 18.2 Å². The van der Waals surface area contributed by atoms with E-state index in [2.05, 4.69) is 5.32 Å². The maximum absolute atomic E-state index is 12.9. The smallest absolute Gasteiger partial charge is 0.324 e. The van der Waals surface area contributed by atoms with E-state index >= 15 is 0 Å². The molecule has 3 rings (SSSR count). The van der Waals surface area contributed by atoms with Crippen LogP contribution in [0.3, 0.4) is 0 Å². The van der Waals surface area contributed by atoms with Crippen molar-refractivity contribution >= 4 is 27.9 Å². The first-order valence-electron chi connectivity index (χ1n) is 8.73. The number of benzene rings is 1. The van der Waals surface area contributed by atoms with Crippen molar-refractivity contribution < 1.29 is 27.5 Å². The third kappa shape index (κ3) is 4.11. The molecular weight excluding hydrogens is 374 g/mol. The van der Waals surface area contributed by atoms with Crippen LogP contribution in [0.5, 0.6) is 0 Å². The van der Waals surface area contributed by atoms with Crippen LogP contribution >= 0.6 is 0 Å². The molecule has 10 heteroatoms. The minimum atomic E-state index is -3.85. The highest BCUT2D eigenvalue weighted by atomic mass is 32.2. The van der Waals surface area contributed by atoms with Gasteiger partial charge in [0.15, 0.2) is 6.61 Å². The van der Waals surface area contributed by atoms with Gasteiger partial charge < -0.3 is 10.1 Å². The molecule has 0 bridgehead atoms. The predicted molar refractivity (Wildman–Crippen MR) is 94.0 cm³/mol. The van der Waals surface area contributed by atoms with Crippen LogP contribution in [0.15, 0.2) is 35.2 Å². The van der Waals surface area contributed by atoms with E-state index < -0.39 is 40.6 Å². The van der Waals surface area contributed by atoms with Gasteiger partial charge in [0.1, 0.15) is 6.04 Å². The average Bonchev–Trinajstić information content (AvgIpc) is 3.12. The molecule has 2 saturated heterocycles. The van der Waals surface area contributed by atoms with Crippen LogP contribution in [-0.2, 0) is 24.3 Å². The molecule has 1 unspecified atom stereocenters. The molecule has 0 radical (unpaired) electrons. The van der Waals surface area contributed by atoms with Crippen molar-refractivity contribution in [1.82, 2.24) is 14.5 Å². The zero-order valence-corrected chi connectivity index (χ0v) is 15.5. The molecule has 1 N–H and O–H groups in total. The van der Waals surface area contributed by atoms with Gasteiger partial charge in [0, 0.05) is 19.6 Å². The Labute approximate surface area is 157 Å². The van der Waals surface area contributed by atoms with Crippen molar-refractivity contribution in [2.75, 3.05) is 26.2 Å². The lowest BCUT2D eigenvalue weighted by Gasteiger charge is -2.33. The summed E-state index contributed by atoms with van der Waals surface area (Å²) in [5.74, 6) is -1.41. The minimum Gasteiger partial charge on any atom is -0.454 e. The number of sulfonamides is 1. The van der Waals surface area contributed by atoms with Gasteiger partial charge in [-0.3, -0.25) is 14.5 Å². The summed E-state index contributed by atoms with van der Waals surface area (Å²) >= 11 is 0. The molecular formula is C17H21N3O6S. The number of carbonyl (C=O) groups is 3. The number of hydrogen-bond donors (Lipinski definition) is 1. The summed E-state index contributed by atoms with van der Waals surface area (Å²) < 4.78 is 32.0. The Morgan fingerprint density at radius 3 is 2.56 bits per heavy atom. The zero-order chi connectivity index (χ0) is 19.4. The normalized spacial score (nSPS) is 21.0. The fourth-order valence-corrected chi connectivity index (χ4v) is 4.84. The third-order valence-corrected chi connectivity index (χ3v) is 6.49. The highest BCUT2D eigenvalue weighted by molar-refractivity contribution is 7.89. The lowest BCUT2D eigenvalue weighted by atomic mass is 10.1. The second kappa shape index (κ2) is 8.05. The lowest BCUT2D eigenvalue weighted by molar-refractivity contribution is -0.154. The molecule has 27 heavy (non-hydrogen) atoms. The Morgan fingerprint density at radius 1 is 1.15 bits per heavy atom. The number of urea groups is 1. The molecule has 0 spiro atoms. The van der Waals surface area contributed by atoms with Crippen molar-refractivity contribution in [2.24, 2.45) is 0 Å². The molecule has 9 nitrogen and oxygen atoms in total. The Hall–Kier alpha value is -2.46. The summed E-state index contributed by atoms with van der Waals surface area (Å²) in [4.78, 5) is 37.0. The summed E-state index contributed by atoms with van der Waals surface area (Å²) in [7, 11) is -3.85. The van der Waals surface area contributed by atoms with Crippen LogP contribution in [0.2, 0.25) is 0 Å². The molecule has 2 fully saturated rings. The van der Waals surface area contributed by atoms with Crippen molar-refractivity contribution in [3.05, 3.63) is 30.3 Å². The summed E-state index contributed by atoms with van der Waals surface area (Å²) in [5.41, 5.74) is 0. The molecule has 2 aliphatic heterocycles. The lowest BCUT2D eigenvalue weighted by Crippen LogP contribution is -2.49. The van der Waals surface area contributed by atoms with E-state index in [1.165, 1.54) is 12.1 Å². The number of nitrogens with zero attached hydrogens (tertiary/aromatic N) is 2. The number of ether oxygens (including phenoxy) is 1. The standard InChI is InChI=1S/C17H21N3O6S/c21-15(19-11-9-18-17(19)23)12-26-16(22)14-8-4-5-10-20(14)27(24,25)13-6-2-1-3-7-13/h1-3,6-7,14H,4-5,8-12H2,(H,18,23). The number of amides is 3. The fraction of sp³-hybridized carbons (Fsp3) is 0.471. The first-order chi connectivity index (χ1) is 12.9. The van der Waals surface area contributed by atoms with Crippen LogP contribution in [0.4, 0.5) is 4.79 Å². The summed E-state index contributed by atoms with van der Waals surface area (Å²) in [6, 6.07) is 6.38. The Bertz CT molecular complexity index is 826. The van der Waals surface area contributed by atoms with Gasteiger partial charge in [-0.15, -0.1) is 0 Å². The Balaban J connectivity index is 1.69. The van der Waals surface area contributed by atoms with E-state index in [1.807, 2.05) is 0 Å². The van der Waals surface area contributed by atoms with E-state index in [0.29, 0.717) is 25.8 Å². The predicted octanol–water partition coefficient (Wildman–Crippen LogP) is 0.325. The Morgan fingerprint density at radius 2 is 1.89 bits per heavy atom. The van der Waals surface area contributed by atoms with Gasteiger partial charge in [-0.25, -0.2) is 13.2 Å². The minimum absolute atomic E-state index is 0.106. The van der Waals surface area contributed by atoms with Crippen molar-refractivity contribution in [3.63, 3.8) is 0 Å². The van der Waals surface area contributed by atoms with Gasteiger partial charge in [-0.05, 0) is 31.4 Å². The van der Waals surface area contributed by atoms with Crippen molar-refractivity contribution in [1.29, 1.82) is 0 Å². The summed E-state index contributed by atoms with van der Waals surface area (Å²) in [6.07, 6.45) is 1.65. The quantitative estimate of drug-likeness (QED) is 0.719. The monoisotopic (exact) mass is 395 g/mol. The molecule has 1 atom stereocenters. The number of esters is 1. The number of nitrogens with one attached hydrogen (secondary N) is 1. The van der Waals surface area contributed by atoms with Crippen LogP contribution in [-0.4, -0.2) is 67.8 Å². The van der Waals surface area contributed by atoms with Gasteiger partial charge in [0.2, 0.25) is 10.0 Å².